The van der Waals surface area contributed by atoms with Crippen molar-refractivity contribution in [2.24, 2.45) is 0 Å². The summed E-state index contributed by atoms with van der Waals surface area (Å²) in [5.41, 5.74) is 11.9. The molecule has 5 heteroatoms. The first-order valence-electron chi connectivity index (χ1n) is 12.9. The average Bonchev–Trinajstić information content (AvgIpc) is 3.57. The summed E-state index contributed by atoms with van der Waals surface area (Å²) in [6, 6.07) is 24.9. The minimum Gasteiger partial charge on any atom is -1.00 e. The molecular weight excluding hydrogens is 623 g/mol. The molecule has 8 rings (SSSR count). The van der Waals surface area contributed by atoms with Gasteiger partial charge in [-0.3, -0.25) is 9.97 Å². The van der Waals surface area contributed by atoms with Gasteiger partial charge in [-0.15, -0.1) is 82.0 Å². The zero-order valence-electron chi connectivity index (χ0n) is 22.0. The maximum Gasteiger partial charge on any atom is 4.00 e. The molecule has 2 aromatic carbocycles. The molecule has 0 bridgehead atoms. The number of pyridine rings is 2. The van der Waals surface area contributed by atoms with Crippen LogP contribution in [-0.4, -0.2) is 9.97 Å². The summed E-state index contributed by atoms with van der Waals surface area (Å²) in [6.07, 6.45) is 27.9. The Bertz CT molecular complexity index is 1590. The number of allylic oxidation sites excluding steroid dienone is 10. The predicted molar refractivity (Wildman–Crippen MR) is 153 cm³/mol. The third-order valence-electron chi connectivity index (χ3n) is 7.33. The van der Waals surface area contributed by atoms with Crippen LogP contribution in [0.25, 0.3) is 22.5 Å². The van der Waals surface area contributed by atoms with Crippen LogP contribution in [0.2, 0.25) is 0 Å². The summed E-state index contributed by atoms with van der Waals surface area (Å²) in [4.78, 5) is 8.92. The Hall–Kier alpha value is -3.36. The van der Waals surface area contributed by atoms with Crippen molar-refractivity contribution in [3.8, 4) is 22.5 Å². The SMILES string of the molecule is [C-]1=C2C=CC=CC2c2cccc(-c3ccccn3)c21.[C-]1=C2C=CC=CC2c2cccc(-c3ccccn3)c21.[Cl-].[Cl-].[Zr+4]. The van der Waals surface area contributed by atoms with E-state index in [1.54, 1.807) is 0 Å². The second-order valence-electron chi connectivity index (χ2n) is 9.57. The molecule has 0 amide bonds. The molecule has 4 aliphatic carbocycles. The number of rotatable bonds is 2. The first kappa shape index (κ1) is 30.6. The fourth-order valence-corrected chi connectivity index (χ4v) is 5.56. The van der Waals surface area contributed by atoms with Gasteiger partial charge >= 0.3 is 26.2 Å². The molecule has 4 aliphatic rings. The van der Waals surface area contributed by atoms with Gasteiger partial charge in [-0.1, -0.05) is 71.8 Å². The molecule has 2 unspecified atom stereocenters. The van der Waals surface area contributed by atoms with Gasteiger partial charge in [0.05, 0.1) is 0 Å². The van der Waals surface area contributed by atoms with E-state index in [0.29, 0.717) is 11.8 Å². The maximum absolute atomic E-state index is 4.46. The largest absolute Gasteiger partial charge is 4.00 e. The second kappa shape index (κ2) is 13.5. The molecule has 2 atom stereocenters. The summed E-state index contributed by atoms with van der Waals surface area (Å²) >= 11 is 0. The Morgan fingerprint density at radius 2 is 0.976 bits per heavy atom. The molecule has 0 spiro atoms. The smallest absolute Gasteiger partial charge is 1.00 e. The van der Waals surface area contributed by atoms with E-state index in [4.69, 9.17) is 0 Å². The van der Waals surface area contributed by atoms with E-state index in [2.05, 4.69) is 119 Å². The van der Waals surface area contributed by atoms with Crippen molar-refractivity contribution in [2.75, 3.05) is 0 Å². The van der Waals surface area contributed by atoms with Crippen LogP contribution in [0.15, 0.2) is 145 Å². The molecule has 0 saturated heterocycles. The van der Waals surface area contributed by atoms with Crippen LogP contribution >= 0.6 is 0 Å². The van der Waals surface area contributed by atoms with Crippen LogP contribution < -0.4 is 24.8 Å². The molecule has 2 nitrogen and oxygen atoms in total. The zero-order chi connectivity index (χ0) is 25.3. The summed E-state index contributed by atoms with van der Waals surface area (Å²) in [7, 11) is 0. The van der Waals surface area contributed by atoms with Crippen LogP contribution in [0.5, 0.6) is 0 Å². The molecule has 4 aromatic rings. The molecular formula is C36H24Cl2N2Zr. The van der Waals surface area contributed by atoms with Crippen molar-refractivity contribution in [1.82, 2.24) is 9.97 Å². The zero-order valence-corrected chi connectivity index (χ0v) is 26.0. The van der Waals surface area contributed by atoms with Crippen molar-refractivity contribution in [3.05, 3.63) is 179 Å². The Labute approximate surface area is 273 Å². The molecule has 0 fully saturated rings. The van der Waals surface area contributed by atoms with Gasteiger partial charge in [-0.25, -0.2) is 0 Å². The van der Waals surface area contributed by atoms with Crippen molar-refractivity contribution < 1.29 is 51.0 Å². The number of nitrogens with zero attached hydrogens (tertiary/aromatic N) is 2. The van der Waals surface area contributed by atoms with E-state index >= 15 is 0 Å². The Kier molecular flexibility index (Phi) is 10.1. The Morgan fingerprint density at radius 3 is 1.39 bits per heavy atom. The standard InChI is InChI=1S/2C18H12N.2ClH.Zr/c2*1-2-7-14-13(6-1)12-17-15(14)8-5-9-16(17)18-10-3-4-11-19-18;;;/h2*1-11,14H;2*1H;/q2*-1;;;+4/p-2. The summed E-state index contributed by atoms with van der Waals surface area (Å²) in [5, 5.41) is 0. The van der Waals surface area contributed by atoms with E-state index in [-0.39, 0.29) is 51.0 Å². The minimum atomic E-state index is 0. The van der Waals surface area contributed by atoms with Gasteiger partial charge in [-0.2, -0.15) is 0 Å². The third kappa shape index (κ3) is 5.86. The van der Waals surface area contributed by atoms with Gasteiger partial charge in [0.25, 0.3) is 0 Å². The summed E-state index contributed by atoms with van der Waals surface area (Å²) in [5.74, 6) is 0.729. The molecule has 0 N–H and O–H groups in total. The monoisotopic (exact) mass is 644 g/mol. The van der Waals surface area contributed by atoms with Gasteiger partial charge in [0.1, 0.15) is 0 Å². The Morgan fingerprint density at radius 1 is 0.512 bits per heavy atom. The van der Waals surface area contributed by atoms with E-state index in [0.717, 1.165) is 11.4 Å². The van der Waals surface area contributed by atoms with Crippen molar-refractivity contribution in [3.63, 3.8) is 0 Å². The fraction of sp³-hybridized carbons (Fsp3) is 0.0556. The molecule has 2 heterocycles. The van der Waals surface area contributed by atoms with E-state index in [1.165, 1.54) is 44.5 Å². The second-order valence-corrected chi connectivity index (χ2v) is 9.57. The van der Waals surface area contributed by atoms with E-state index < -0.39 is 0 Å². The molecule has 0 radical (unpaired) electrons. The third-order valence-corrected chi connectivity index (χ3v) is 7.33. The number of hydrogen-bond acceptors (Lipinski definition) is 2. The molecule has 41 heavy (non-hydrogen) atoms. The number of halogens is 2. The molecule has 0 aliphatic heterocycles. The van der Waals surface area contributed by atoms with Gasteiger partial charge in [-0.05, 0) is 36.1 Å². The topological polar surface area (TPSA) is 25.8 Å². The number of hydrogen-bond donors (Lipinski definition) is 0. The first-order valence-corrected chi connectivity index (χ1v) is 12.9. The summed E-state index contributed by atoms with van der Waals surface area (Å²) in [6.45, 7) is 0. The number of fused-ring (bicyclic) bond motifs is 6. The van der Waals surface area contributed by atoms with Gasteiger partial charge in [0.2, 0.25) is 0 Å². The van der Waals surface area contributed by atoms with Gasteiger partial charge in [0, 0.05) is 23.8 Å². The van der Waals surface area contributed by atoms with Crippen LogP contribution in [-0.2, 0) is 26.2 Å². The van der Waals surface area contributed by atoms with Gasteiger partial charge < -0.3 is 24.8 Å². The first-order chi connectivity index (χ1) is 18.9. The van der Waals surface area contributed by atoms with E-state index in [9.17, 15) is 0 Å². The fourth-order valence-electron chi connectivity index (χ4n) is 5.56. The van der Waals surface area contributed by atoms with Crippen LogP contribution in [0.1, 0.15) is 34.1 Å². The normalized spacial score (nSPS) is 17.6. The van der Waals surface area contributed by atoms with Gasteiger partial charge in [0.15, 0.2) is 0 Å². The molecule has 0 saturated carbocycles. The Balaban J connectivity index is 0.000000176. The van der Waals surface area contributed by atoms with Crippen molar-refractivity contribution in [1.29, 1.82) is 0 Å². The minimum absolute atomic E-state index is 0. The van der Waals surface area contributed by atoms with E-state index in [1.807, 2.05) is 36.7 Å². The number of aromatic nitrogens is 2. The summed E-state index contributed by atoms with van der Waals surface area (Å²) < 4.78 is 0. The van der Waals surface area contributed by atoms with Crippen molar-refractivity contribution in [2.45, 2.75) is 11.8 Å². The predicted octanol–water partition coefficient (Wildman–Crippen LogP) is 2.10. The van der Waals surface area contributed by atoms with Crippen LogP contribution in [0.3, 0.4) is 0 Å². The van der Waals surface area contributed by atoms with Crippen molar-refractivity contribution >= 4 is 0 Å². The van der Waals surface area contributed by atoms with Crippen LogP contribution in [0, 0.1) is 12.2 Å². The van der Waals surface area contributed by atoms with Crippen LogP contribution in [0.4, 0.5) is 0 Å². The number of benzene rings is 2. The quantitative estimate of drug-likeness (QED) is 0.312. The molecule has 196 valence electrons. The maximum atomic E-state index is 4.46. The average molecular weight is 647 g/mol. The molecule has 2 aromatic heterocycles.